The van der Waals surface area contributed by atoms with Crippen LogP contribution in [0.1, 0.15) is 5.56 Å². The Labute approximate surface area is 131 Å². The molecule has 1 aromatic carbocycles. The van der Waals surface area contributed by atoms with Gasteiger partial charge in [0.2, 0.25) is 5.91 Å². The number of methoxy groups -OCH3 is 1. The number of aliphatic hydroxyl groups is 2. The lowest BCUT2D eigenvalue weighted by atomic mass is 10.2. The first-order chi connectivity index (χ1) is 10.7. The maximum Gasteiger partial charge on any atom is 0.244 e. The summed E-state index contributed by atoms with van der Waals surface area (Å²) < 4.78 is 5.07. The summed E-state index contributed by atoms with van der Waals surface area (Å²) >= 11 is 0. The Bertz CT molecular complexity index is 454. The fourth-order valence-corrected chi connectivity index (χ4v) is 1.90. The van der Waals surface area contributed by atoms with Gasteiger partial charge in [0.15, 0.2) is 0 Å². The largest absolute Gasteiger partial charge is 0.497 e. The third kappa shape index (κ3) is 7.21. The topological polar surface area (TPSA) is 82.0 Å². The van der Waals surface area contributed by atoms with Crippen LogP contribution in [-0.2, 0) is 4.79 Å². The molecule has 6 heteroatoms. The summed E-state index contributed by atoms with van der Waals surface area (Å²) in [6.07, 6.45) is 3.21. The molecule has 0 aliphatic rings. The molecule has 0 radical (unpaired) electrons. The van der Waals surface area contributed by atoms with Crippen molar-refractivity contribution in [3.8, 4) is 5.75 Å². The number of carbonyl (C=O) groups excluding carboxylic acids is 1. The third-order valence-electron chi connectivity index (χ3n) is 3.10. The van der Waals surface area contributed by atoms with E-state index in [0.29, 0.717) is 26.2 Å². The van der Waals surface area contributed by atoms with Gasteiger partial charge in [-0.1, -0.05) is 12.1 Å². The number of nitrogens with one attached hydrogen (secondary N) is 1. The molecule has 122 valence electrons. The van der Waals surface area contributed by atoms with E-state index in [9.17, 15) is 4.79 Å². The van der Waals surface area contributed by atoms with Crippen LogP contribution in [0.4, 0.5) is 0 Å². The normalized spacial score (nSPS) is 11.1. The molecular weight excluding hydrogens is 284 g/mol. The van der Waals surface area contributed by atoms with Crippen LogP contribution in [0.5, 0.6) is 5.75 Å². The van der Waals surface area contributed by atoms with E-state index in [1.54, 1.807) is 13.2 Å². The second-order valence-corrected chi connectivity index (χ2v) is 4.69. The lowest BCUT2D eigenvalue weighted by molar-refractivity contribution is -0.116. The first-order valence-corrected chi connectivity index (χ1v) is 7.23. The van der Waals surface area contributed by atoms with E-state index in [2.05, 4.69) is 5.32 Å². The first kappa shape index (κ1) is 18.2. The molecule has 0 atom stereocenters. The summed E-state index contributed by atoms with van der Waals surface area (Å²) in [4.78, 5) is 13.6. The highest BCUT2D eigenvalue weighted by molar-refractivity contribution is 5.91. The van der Waals surface area contributed by atoms with Gasteiger partial charge in [0, 0.05) is 32.3 Å². The minimum absolute atomic E-state index is 0.0331. The van der Waals surface area contributed by atoms with Gasteiger partial charge in [-0.25, -0.2) is 0 Å². The van der Waals surface area contributed by atoms with Crippen LogP contribution in [0, 0.1) is 0 Å². The second kappa shape index (κ2) is 10.8. The van der Waals surface area contributed by atoms with Gasteiger partial charge in [0.1, 0.15) is 5.75 Å². The van der Waals surface area contributed by atoms with Crippen LogP contribution >= 0.6 is 0 Å². The molecule has 0 fully saturated rings. The van der Waals surface area contributed by atoms with Crippen LogP contribution < -0.4 is 10.1 Å². The average molecular weight is 308 g/mol. The zero-order valence-corrected chi connectivity index (χ0v) is 12.9. The number of aliphatic hydroxyl groups excluding tert-OH is 2. The smallest absolute Gasteiger partial charge is 0.244 e. The summed E-state index contributed by atoms with van der Waals surface area (Å²) in [6.45, 7) is 2.09. The van der Waals surface area contributed by atoms with E-state index < -0.39 is 0 Å². The van der Waals surface area contributed by atoms with Gasteiger partial charge in [-0.05, 0) is 23.8 Å². The van der Waals surface area contributed by atoms with Crippen molar-refractivity contribution in [2.75, 3.05) is 46.5 Å². The second-order valence-electron chi connectivity index (χ2n) is 4.69. The summed E-state index contributed by atoms with van der Waals surface area (Å²) in [5, 5.41) is 20.5. The Kier molecular flexibility index (Phi) is 8.90. The molecule has 0 aliphatic carbocycles. The number of amides is 1. The van der Waals surface area contributed by atoms with E-state index in [-0.39, 0.29) is 19.1 Å². The molecule has 6 nitrogen and oxygen atoms in total. The van der Waals surface area contributed by atoms with E-state index in [0.717, 1.165) is 11.3 Å². The van der Waals surface area contributed by atoms with Crippen molar-refractivity contribution < 1.29 is 19.7 Å². The summed E-state index contributed by atoms with van der Waals surface area (Å²) in [5.41, 5.74) is 0.915. The highest BCUT2D eigenvalue weighted by Crippen LogP contribution is 2.12. The predicted octanol–water partition coefficient (Wildman–Crippen LogP) is 0.111. The molecule has 0 bridgehead atoms. The Hall–Kier alpha value is -1.89. The Morgan fingerprint density at radius 3 is 2.36 bits per heavy atom. The monoisotopic (exact) mass is 308 g/mol. The summed E-state index contributed by atoms with van der Waals surface area (Å²) in [7, 11) is 1.61. The van der Waals surface area contributed by atoms with Gasteiger partial charge in [-0.15, -0.1) is 0 Å². The summed E-state index contributed by atoms with van der Waals surface area (Å²) in [5.74, 6) is 0.596. The lowest BCUT2D eigenvalue weighted by Gasteiger charge is -2.19. The van der Waals surface area contributed by atoms with Gasteiger partial charge in [-0.3, -0.25) is 9.69 Å². The van der Waals surface area contributed by atoms with Gasteiger partial charge < -0.3 is 20.3 Å². The number of ether oxygens (including phenoxy) is 1. The molecular formula is C16H24N2O4. The zero-order chi connectivity index (χ0) is 16.2. The number of rotatable bonds is 10. The quantitative estimate of drug-likeness (QED) is 0.535. The molecule has 0 aliphatic heterocycles. The molecule has 0 spiro atoms. The van der Waals surface area contributed by atoms with Crippen LogP contribution in [0.2, 0.25) is 0 Å². The molecule has 22 heavy (non-hydrogen) atoms. The van der Waals surface area contributed by atoms with Crippen molar-refractivity contribution in [1.29, 1.82) is 0 Å². The molecule has 1 amide bonds. The van der Waals surface area contributed by atoms with Gasteiger partial charge >= 0.3 is 0 Å². The van der Waals surface area contributed by atoms with E-state index >= 15 is 0 Å². The molecule has 3 N–H and O–H groups in total. The first-order valence-electron chi connectivity index (χ1n) is 7.23. The van der Waals surface area contributed by atoms with Crippen molar-refractivity contribution >= 4 is 12.0 Å². The minimum Gasteiger partial charge on any atom is -0.497 e. The number of benzene rings is 1. The van der Waals surface area contributed by atoms with Crippen molar-refractivity contribution in [2.45, 2.75) is 0 Å². The SMILES string of the molecule is COc1ccc(/C=C/C(=O)NCCN(CCO)CCO)cc1. The number of nitrogens with zero attached hydrogens (tertiary/aromatic N) is 1. The van der Waals surface area contributed by atoms with Gasteiger partial charge in [0.05, 0.1) is 20.3 Å². The van der Waals surface area contributed by atoms with Crippen LogP contribution in [0.15, 0.2) is 30.3 Å². The maximum atomic E-state index is 11.7. The molecule has 0 heterocycles. The van der Waals surface area contributed by atoms with Crippen LogP contribution in [-0.4, -0.2) is 67.5 Å². The predicted molar refractivity (Wildman–Crippen MR) is 85.6 cm³/mol. The van der Waals surface area contributed by atoms with Crippen molar-refractivity contribution in [3.05, 3.63) is 35.9 Å². The van der Waals surface area contributed by atoms with E-state index in [1.807, 2.05) is 29.2 Å². The fraction of sp³-hybridized carbons (Fsp3) is 0.438. The lowest BCUT2D eigenvalue weighted by Crippen LogP contribution is -2.37. The minimum atomic E-state index is -0.177. The highest BCUT2D eigenvalue weighted by Gasteiger charge is 2.03. The Balaban J connectivity index is 2.33. The van der Waals surface area contributed by atoms with E-state index in [1.165, 1.54) is 6.08 Å². The Morgan fingerprint density at radius 1 is 1.18 bits per heavy atom. The van der Waals surface area contributed by atoms with Crippen LogP contribution in [0.3, 0.4) is 0 Å². The standard InChI is InChI=1S/C16H24N2O4/c1-22-15-5-2-14(3-6-15)4-7-16(21)17-8-9-18(10-12-19)11-13-20/h2-7,19-20H,8-13H2,1H3,(H,17,21)/b7-4+. The van der Waals surface area contributed by atoms with Crippen molar-refractivity contribution in [1.82, 2.24) is 10.2 Å². The number of carbonyl (C=O) groups is 1. The van der Waals surface area contributed by atoms with E-state index in [4.69, 9.17) is 14.9 Å². The Morgan fingerprint density at radius 2 is 1.82 bits per heavy atom. The fourth-order valence-electron chi connectivity index (χ4n) is 1.90. The molecule has 0 aromatic heterocycles. The number of hydrogen-bond donors (Lipinski definition) is 3. The molecule has 0 saturated carbocycles. The zero-order valence-electron chi connectivity index (χ0n) is 12.9. The molecule has 1 aromatic rings. The van der Waals surface area contributed by atoms with Crippen LogP contribution in [0.25, 0.3) is 6.08 Å². The van der Waals surface area contributed by atoms with Gasteiger partial charge in [-0.2, -0.15) is 0 Å². The van der Waals surface area contributed by atoms with Crippen molar-refractivity contribution in [3.63, 3.8) is 0 Å². The maximum absolute atomic E-state index is 11.7. The third-order valence-corrected chi connectivity index (χ3v) is 3.10. The molecule has 0 saturated heterocycles. The van der Waals surface area contributed by atoms with Crippen molar-refractivity contribution in [2.24, 2.45) is 0 Å². The number of hydrogen-bond acceptors (Lipinski definition) is 5. The highest BCUT2D eigenvalue weighted by atomic mass is 16.5. The molecule has 0 unspecified atom stereocenters. The van der Waals surface area contributed by atoms with Gasteiger partial charge in [0.25, 0.3) is 0 Å². The molecule has 1 rings (SSSR count). The average Bonchev–Trinajstić information content (AvgIpc) is 2.54. The summed E-state index contributed by atoms with van der Waals surface area (Å²) in [6, 6.07) is 7.40.